The topological polar surface area (TPSA) is 46.1 Å². The lowest BCUT2D eigenvalue weighted by molar-refractivity contribution is 0.0721. The Morgan fingerprint density at radius 2 is 2.14 bits per heavy atom. The van der Waals surface area contributed by atoms with E-state index in [4.69, 9.17) is 0 Å². The fourth-order valence-corrected chi connectivity index (χ4v) is 2.60. The van der Waals surface area contributed by atoms with Gasteiger partial charge in [0.15, 0.2) is 11.5 Å². The van der Waals surface area contributed by atoms with Crippen LogP contribution in [0.4, 0.5) is 8.78 Å². The van der Waals surface area contributed by atoms with E-state index >= 15 is 0 Å². The standard InChI is InChI=1S/C15H13F2N3O/c16-10-8-11(17)14(19-9-10)15(21)20-7-3-5-13(20)12-4-1-2-6-18-12/h1-2,4,6,8-9,13H,3,5,7H2. The molecule has 1 amide bonds. The van der Waals surface area contributed by atoms with Crippen LogP contribution in [-0.2, 0) is 0 Å². The summed E-state index contributed by atoms with van der Waals surface area (Å²) in [5.41, 5.74) is 0.421. The third kappa shape index (κ3) is 2.61. The molecule has 1 aliphatic heterocycles. The Morgan fingerprint density at radius 3 is 2.86 bits per heavy atom. The van der Waals surface area contributed by atoms with Crippen LogP contribution in [-0.4, -0.2) is 27.3 Å². The van der Waals surface area contributed by atoms with Crippen LogP contribution in [0.3, 0.4) is 0 Å². The van der Waals surface area contributed by atoms with E-state index in [1.165, 1.54) is 0 Å². The van der Waals surface area contributed by atoms with Gasteiger partial charge in [0.25, 0.3) is 5.91 Å². The number of hydrogen-bond donors (Lipinski definition) is 0. The van der Waals surface area contributed by atoms with Gasteiger partial charge in [-0.1, -0.05) is 6.07 Å². The summed E-state index contributed by atoms with van der Waals surface area (Å²) in [6.07, 6.45) is 4.09. The van der Waals surface area contributed by atoms with Gasteiger partial charge in [-0.05, 0) is 25.0 Å². The van der Waals surface area contributed by atoms with Gasteiger partial charge in [0, 0.05) is 18.8 Å². The van der Waals surface area contributed by atoms with Crippen molar-refractivity contribution in [2.45, 2.75) is 18.9 Å². The van der Waals surface area contributed by atoms with E-state index in [-0.39, 0.29) is 11.7 Å². The van der Waals surface area contributed by atoms with Gasteiger partial charge in [0.2, 0.25) is 0 Å². The van der Waals surface area contributed by atoms with Crippen LogP contribution in [0.5, 0.6) is 0 Å². The van der Waals surface area contributed by atoms with Crippen LogP contribution in [0, 0.1) is 11.6 Å². The highest BCUT2D eigenvalue weighted by molar-refractivity contribution is 5.93. The van der Waals surface area contributed by atoms with Crippen molar-refractivity contribution in [2.24, 2.45) is 0 Å². The number of carbonyl (C=O) groups excluding carboxylic acids is 1. The van der Waals surface area contributed by atoms with Crippen LogP contribution < -0.4 is 0 Å². The zero-order valence-electron chi connectivity index (χ0n) is 11.2. The van der Waals surface area contributed by atoms with E-state index in [1.807, 2.05) is 12.1 Å². The molecule has 0 aromatic carbocycles. The van der Waals surface area contributed by atoms with Crippen LogP contribution >= 0.6 is 0 Å². The van der Waals surface area contributed by atoms with Crippen molar-refractivity contribution in [3.63, 3.8) is 0 Å². The van der Waals surface area contributed by atoms with Gasteiger partial charge in [-0.3, -0.25) is 9.78 Å². The molecule has 2 aromatic rings. The molecule has 0 spiro atoms. The lowest BCUT2D eigenvalue weighted by Crippen LogP contribution is -2.32. The first-order valence-electron chi connectivity index (χ1n) is 6.70. The second-order valence-electron chi connectivity index (χ2n) is 4.90. The fourth-order valence-electron chi connectivity index (χ4n) is 2.60. The molecule has 6 heteroatoms. The molecule has 1 saturated heterocycles. The number of nitrogens with zero attached hydrogens (tertiary/aromatic N) is 3. The molecule has 4 nitrogen and oxygen atoms in total. The monoisotopic (exact) mass is 289 g/mol. The number of pyridine rings is 2. The average Bonchev–Trinajstić information content (AvgIpc) is 2.97. The van der Waals surface area contributed by atoms with Gasteiger partial charge in [-0.2, -0.15) is 0 Å². The number of hydrogen-bond acceptors (Lipinski definition) is 3. The Morgan fingerprint density at radius 1 is 1.29 bits per heavy atom. The molecule has 0 bridgehead atoms. The summed E-state index contributed by atoms with van der Waals surface area (Å²) >= 11 is 0. The second-order valence-corrected chi connectivity index (χ2v) is 4.90. The molecule has 1 unspecified atom stereocenters. The third-order valence-corrected chi connectivity index (χ3v) is 3.55. The van der Waals surface area contributed by atoms with E-state index in [0.29, 0.717) is 12.6 Å². The van der Waals surface area contributed by atoms with Gasteiger partial charge < -0.3 is 4.90 Å². The van der Waals surface area contributed by atoms with E-state index < -0.39 is 17.5 Å². The summed E-state index contributed by atoms with van der Waals surface area (Å²) in [5.74, 6) is -2.26. The van der Waals surface area contributed by atoms with E-state index in [9.17, 15) is 13.6 Å². The molecule has 3 heterocycles. The summed E-state index contributed by atoms with van der Waals surface area (Å²) in [4.78, 5) is 21.8. The van der Waals surface area contributed by atoms with Crippen molar-refractivity contribution in [2.75, 3.05) is 6.54 Å². The lowest BCUT2D eigenvalue weighted by Gasteiger charge is -2.24. The number of amides is 1. The minimum atomic E-state index is -0.938. The Kier molecular flexibility index (Phi) is 3.60. The molecular formula is C15H13F2N3O. The number of carbonyl (C=O) groups is 1. The molecule has 0 saturated carbocycles. The maximum atomic E-state index is 13.7. The summed E-state index contributed by atoms with van der Waals surface area (Å²) in [7, 11) is 0. The summed E-state index contributed by atoms with van der Waals surface area (Å²) in [5, 5.41) is 0. The normalized spacial score (nSPS) is 18.0. The number of aromatic nitrogens is 2. The van der Waals surface area contributed by atoms with E-state index in [2.05, 4.69) is 9.97 Å². The Labute approximate surface area is 120 Å². The highest BCUT2D eigenvalue weighted by Crippen LogP contribution is 2.31. The largest absolute Gasteiger partial charge is 0.329 e. The lowest BCUT2D eigenvalue weighted by atomic mass is 10.1. The zero-order valence-corrected chi connectivity index (χ0v) is 11.2. The van der Waals surface area contributed by atoms with Crippen LogP contribution in [0.1, 0.15) is 35.1 Å². The van der Waals surface area contributed by atoms with E-state index in [1.54, 1.807) is 17.2 Å². The van der Waals surface area contributed by atoms with Gasteiger partial charge in [-0.15, -0.1) is 0 Å². The molecule has 0 N–H and O–H groups in total. The highest BCUT2D eigenvalue weighted by Gasteiger charge is 2.33. The summed E-state index contributed by atoms with van der Waals surface area (Å²) < 4.78 is 26.6. The average molecular weight is 289 g/mol. The van der Waals surface area contributed by atoms with Gasteiger partial charge >= 0.3 is 0 Å². The molecule has 3 rings (SSSR count). The smallest absolute Gasteiger partial charge is 0.276 e. The molecule has 1 atom stereocenters. The Balaban J connectivity index is 1.90. The minimum Gasteiger partial charge on any atom is -0.329 e. The van der Waals surface area contributed by atoms with Crippen molar-refractivity contribution < 1.29 is 13.6 Å². The van der Waals surface area contributed by atoms with Gasteiger partial charge in [0.1, 0.15) is 5.82 Å². The van der Waals surface area contributed by atoms with Gasteiger partial charge in [-0.25, -0.2) is 13.8 Å². The van der Waals surface area contributed by atoms with Crippen molar-refractivity contribution in [3.05, 3.63) is 59.7 Å². The molecule has 0 aliphatic carbocycles. The minimum absolute atomic E-state index is 0.190. The van der Waals surface area contributed by atoms with E-state index in [0.717, 1.165) is 24.7 Å². The SMILES string of the molecule is O=C(c1ncc(F)cc1F)N1CCCC1c1ccccn1. The van der Waals surface area contributed by atoms with Crippen LogP contribution in [0.15, 0.2) is 36.7 Å². The maximum absolute atomic E-state index is 13.7. The summed E-state index contributed by atoms with van der Waals surface area (Å²) in [6.45, 7) is 0.512. The third-order valence-electron chi connectivity index (χ3n) is 3.55. The highest BCUT2D eigenvalue weighted by atomic mass is 19.1. The first kappa shape index (κ1) is 13.6. The molecule has 1 aliphatic rings. The van der Waals surface area contributed by atoms with Crippen LogP contribution in [0.2, 0.25) is 0 Å². The van der Waals surface area contributed by atoms with Crippen molar-refractivity contribution in [3.8, 4) is 0 Å². The second kappa shape index (κ2) is 5.55. The molecular weight excluding hydrogens is 276 g/mol. The molecule has 1 fully saturated rings. The van der Waals surface area contributed by atoms with Gasteiger partial charge in [0.05, 0.1) is 17.9 Å². The molecule has 108 valence electrons. The predicted molar refractivity (Wildman–Crippen MR) is 71.4 cm³/mol. The first-order chi connectivity index (χ1) is 10.2. The zero-order chi connectivity index (χ0) is 14.8. The van der Waals surface area contributed by atoms with Crippen LogP contribution in [0.25, 0.3) is 0 Å². The van der Waals surface area contributed by atoms with Crippen molar-refractivity contribution in [1.29, 1.82) is 0 Å². The Bertz CT molecular complexity index is 663. The molecule has 2 aromatic heterocycles. The summed E-state index contributed by atoms with van der Waals surface area (Å²) in [6, 6.07) is 5.97. The molecule has 21 heavy (non-hydrogen) atoms. The number of halogens is 2. The fraction of sp³-hybridized carbons (Fsp3) is 0.267. The number of likely N-dealkylation sites (tertiary alicyclic amines) is 1. The van der Waals surface area contributed by atoms with Crippen molar-refractivity contribution in [1.82, 2.24) is 14.9 Å². The quantitative estimate of drug-likeness (QED) is 0.854. The van der Waals surface area contributed by atoms with Crippen molar-refractivity contribution >= 4 is 5.91 Å². The number of rotatable bonds is 2. The first-order valence-corrected chi connectivity index (χ1v) is 6.70. The maximum Gasteiger partial charge on any atom is 0.276 e. The molecule has 0 radical (unpaired) electrons. The Hall–Kier alpha value is -2.37. The predicted octanol–water partition coefficient (Wildman–Crippen LogP) is 2.73.